The van der Waals surface area contributed by atoms with Gasteiger partial charge in [0, 0.05) is 30.4 Å². The second kappa shape index (κ2) is 6.30. The van der Waals surface area contributed by atoms with Crippen molar-refractivity contribution in [1.82, 2.24) is 10.3 Å². The first-order valence-electron chi connectivity index (χ1n) is 9.12. The number of aromatic nitrogens is 1. The van der Waals surface area contributed by atoms with Crippen molar-refractivity contribution in [3.05, 3.63) is 36.0 Å². The van der Waals surface area contributed by atoms with E-state index in [0.29, 0.717) is 5.92 Å². The van der Waals surface area contributed by atoms with E-state index < -0.39 is 6.10 Å². The maximum Gasteiger partial charge on any atom is 0.249 e. The lowest BCUT2D eigenvalue weighted by Crippen LogP contribution is -2.45. The molecule has 1 aromatic carbocycles. The molecule has 132 valence electrons. The highest BCUT2D eigenvalue weighted by Crippen LogP contribution is 2.34. The third-order valence-electron chi connectivity index (χ3n) is 5.57. The van der Waals surface area contributed by atoms with Crippen molar-refractivity contribution in [3.63, 3.8) is 0 Å². The lowest BCUT2D eigenvalue weighted by Gasteiger charge is -2.22. The number of hydrogen-bond acceptors (Lipinski definition) is 4. The monoisotopic (exact) mass is 339 g/mol. The molecule has 2 heterocycles. The van der Waals surface area contributed by atoms with Crippen LogP contribution >= 0.6 is 0 Å². The molecule has 3 atom stereocenters. The predicted molar refractivity (Wildman–Crippen MR) is 98.5 cm³/mol. The summed E-state index contributed by atoms with van der Waals surface area (Å²) in [7, 11) is 0. The molecule has 2 fully saturated rings. The molecule has 4 rings (SSSR count). The number of pyridine rings is 1. The van der Waals surface area contributed by atoms with Crippen molar-refractivity contribution >= 4 is 22.5 Å². The number of aliphatic hydroxyl groups excluding tert-OH is 1. The summed E-state index contributed by atoms with van der Waals surface area (Å²) in [5, 5.41) is 14.2. The third-order valence-corrected chi connectivity index (χ3v) is 5.57. The normalized spacial score (nSPS) is 24.5. The summed E-state index contributed by atoms with van der Waals surface area (Å²) >= 11 is 0. The Morgan fingerprint density at radius 3 is 2.88 bits per heavy atom. The van der Waals surface area contributed by atoms with Gasteiger partial charge in [-0.15, -0.1) is 0 Å². The van der Waals surface area contributed by atoms with Crippen LogP contribution < -0.4 is 10.2 Å². The van der Waals surface area contributed by atoms with E-state index in [1.807, 2.05) is 12.3 Å². The zero-order valence-corrected chi connectivity index (χ0v) is 14.8. The average molecular weight is 339 g/mol. The molecule has 1 saturated heterocycles. The van der Waals surface area contributed by atoms with Crippen molar-refractivity contribution < 1.29 is 9.90 Å². The summed E-state index contributed by atoms with van der Waals surface area (Å²) in [5.41, 5.74) is 3.37. The first-order chi connectivity index (χ1) is 12.0. The standard InChI is InChI=1S/C20H25N3O2/c1-12-5-8-17(15-4-3-9-21-18(12)15)23-10-13(2)16(11-23)22-20(25)19(24)14-6-7-14/h3-5,8-9,13-14,16,19,24H,6-7,10-11H2,1-2H3,(H,22,25)/t13-,16+,19+/m1/s1. The number of nitrogens with one attached hydrogen (secondary N) is 1. The Kier molecular flexibility index (Phi) is 4.12. The molecule has 25 heavy (non-hydrogen) atoms. The number of nitrogens with zero attached hydrogens (tertiary/aromatic N) is 2. The zero-order valence-electron chi connectivity index (χ0n) is 14.8. The van der Waals surface area contributed by atoms with Crippen LogP contribution in [0, 0.1) is 18.8 Å². The van der Waals surface area contributed by atoms with Crippen LogP contribution in [-0.4, -0.2) is 41.2 Å². The van der Waals surface area contributed by atoms with Crippen LogP contribution in [-0.2, 0) is 4.79 Å². The van der Waals surface area contributed by atoms with E-state index in [-0.39, 0.29) is 17.9 Å². The fourth-order valence-corrected chi connectivity index (χ4v) is 3.82. The van der Waals surface area contributed by atoms with Crippen LogP contribution in [0.1, 0.15) is 25.3 Å². The van der Waals surface area contributed by atoms with Gasteiger partial charge in [-0.2, -0.15) is 0 Å². The Morgan fingerprint density at radius 1 is 1.32 bits per heavy atom. The molecular weight excluding hydrogens is 314 g/mol. The molecule has 1 amide bonds. The van der Waals surface area contributed by atoms with Crippen molar-refractivity contribution in [2.45, 2.75) is 38.8 Å². The van der Waals surface area contributed by atoms with Crippen LogP contribution in [0.3, 0.4) is 0 Å². The number of carbonyl (C=O) groups excluding carboxylic acids is 1. The van der Waals surface area contributed by atoms with Crippen LogP contribution in [0.15, 0.2) is 30.5 Å². The highest BCUT2D eigenvalue weighted by atomic mass is 16.3. The van der Waals surface area contributed by atoms with E-state index in [1.54, 1.807) is 0 Å². The van der Waals surface area contributed by atoms with Gasteiger partial charge in [-0.3, -0.25) is 9.78 Å². The summed E-state index contributed by atoms with van der Waals surface area (Å²) in [6, 6.07) is 8.40. The Morgan fingerprint density at radius 2 is 2.12 bits per heavy atom. The molecule has 0 bridgehead atoms. The van der Waals surface area contributed by atoms with Crippen molar-refractivity contribution in [3.8, 4) is 0 Å². The van der Waals surface area contributed by atoms with Crippen molar-refractivity contribution in [1.29, 1.82) is 0 Å². The summed E-state index contributed by atoms with van der Waals surface area (Å²) in [6.07, 6.45) is 2.91. The van der Waals surface area contributed by atoms with Crippen LogP contribution in [0.25, 0.3) is 10.9 Å². The first-order valence-corrected chi connectivity index (χ1v) is 9.12. The largest absolute Gasteiger partial charge is 0.383 e. The highest BCUT2D eigenvalue weighted by molar-refractivity contribution is 5.94. The minimum atomic E-state index is -0.842. The quantitative estimate of drug-likeness (QED) is 0.897. The van der Waals surface area contributed by atoms with Crippen LogP contribution in [0.4, 0.5) is 5.69 Å². The SMILES string of the molecule is Cc1ccc(N2C[C@@H](C)[C@@H](NC(=O)[C@@H](O)C3CC3)C2)c2cccnc12. The zero-order chi connectivity index (χ0) is 17.6. The van der Waals surface area contributed by atoms with Gasteiger partial charge < -0.3 is 15.3 Å². The first kappa shape index (κ1) is 16.3. The number of anilines is 1. The number of aryl methyl sites for hydroxylation is 1. The summed E-state index contributed by atoms with van der Waals surface area (Å²) in [6.45, 7) is 5.88. The number of rotatable bonds is 4. The molecule has 1 saturated carbocycles. The molecule has 1 aliphatic heterocycles. The molecule has 2 aromatic rings. The maximum absolute atomic E-state index is 12.2. The van der Waals surface area contributed by atoms with Gasteiger partial charge in [-0.05, 0) is 55.4 Å². The van der Waals surface area contributed by atoms with Gasteiger partial charge in [-0.25, -0.2) is 0 Å². The average Bonchev–Trinajstić information content (AvgIpc) is 3.40. The molecule has 1 aromatic heterocycles. The van der Waals surface area contributed by atoms with E-state index in [2.05, 4.69) is 47.2 Å². The van der Waals surface area contributed by atoms with Crippen LogP contribution in [0.2, 0.25) is 0 Å². The van der Waals surface area contributed by atoms with E-state index in [4.69, 9.17) is 0 Å². The number of aliphatic hydroxyl groups is 1. The highest BCUT2D eigenvalue weighted by Gasteiger charge is 2.38. The van der Waals surface area contributed by atoms with Crippen molar-refractivity contribution in [2.24, 2.45) is 11.8 Å². The minimum Gasteiger partial charge on any atom is -0.383 e. The van der Waals surface area contributed by atoms with Gasteiger partial charge in [0.05, 0.1) is 11.6 Å². The Bertz CT molecular complexity index is 803. The van der Waals surface area contributed by atoms with Gasteiger partial charge in [0.25, 0.3) is 0 Å². The molecule has 2 aliphatic rings. The van der Waals surface area contributed by atoms with Gasteiger partial charge in [-0.1, -0.05) is 13.0 Å². The maximum atomic E-state index is 12.2. The molecule has 5 heteroatoms. The topological polar surface area (TPSA) is 65.5 Å². The lowest BCUT2D eigenvalue weighted by molar-refractivity contribution is -0.131. The fraction of sp³-hybridized carbons (Fsp3) is 0.500. The number of benzene rings is 1. The summed E-state index contributed by atoms with van der Waals surface area (Å²) in [4.78, 5) is 19.1. The molecular formula is C20H25N3O2. The molecule has 2 N–H and O–H groups in total. The number of carbonyl (C=O) groups is 1. The molecule has 0 radical (unpaired) electrons. The smallest absolute Gasteiger partial charge is 0.249 e. The molecule has 0 unspecified atom stereocenters. The lowest BCUT2D eigenvalue weighted by atomic mass is 10.1. The Balaban J connectivity index is 1.53. The number of fused-ring (bicyclic) bond motifs is 1. The fourth-order valence-electron chi connectivity index (χ4n) is 3.82. The molecule has 1 aliphatic carbocycles. The molecule has 0 spiro atoms. The van der Waals surface area contributed by atoms with E-state index >= 15 is 0 Å². The van der Waals surface area contributed by atoms with E-state index in [1.165, 1.54) is 11.3 Å². The van der Waals surface area contributed by atoms with Gasteiger partial charge in [0.15, 0.2) is 0 Å². The Hall–Kier alpha value is -2.14. The van der Waals surface area contributed by atoms with E-state index in [0.717, 1.165) is 36.8 Å². The van der Waals surface area contributed by atoms with Gasteiger partial charge in [0.1, 0.15) is 6.10 Å². The second-order valence-corrected chi connectivity index (χ2v) is 7.58. The summed E-state index contributed by atoms with van der Waals surface area (Å²) < 4.78 is 0. The predicted octanol–water partition coefficient (Wildman–Crippen LogP) is 2.26. The van der Waals surface area contributed by atoms with Gasteiger partial charge in [0.2, 0.25) is 5.91 Å². The second-order valence-electron chi connectivity index (χ2n) is 7.58. The number of amides is 1. The number of hydrogen-bond donors (Lipinski definition) is 2. The van der Waals surface area contributed by atoms with E-state index in [9.17, 15) is 9.90 Å². The van der Waals surface area contributed by atoms with Gasteiger partial charge >= 0.3 is 0 Å². The van der Waals surface area contributed by atoms with Crippen LogP contribution in [0.5, 0.6) is 0 Å². The molecule has 5 nitrogen and oxygen atoms in total. The summed E-state index contributed by atoms with van der Waals surface area (Å²) in [5.74, 6) is 0.292. The van der Waals surface area contributed by atoms with Crippen molar-refractivity contribution in [2.75, 3.05) is 18.0 Å². The Labute approximate surface area is 148 Å². The third kappa shape index (κ3) is 3.09. The minimum absolute atomic E-state index is 0.0638.